The molecule has 1 amide bonds. The lowest BCUT2D eigenvalue weighted by Gasteiger charge is -2.44. The summed E-state index contributed by atoms with van der Waals surface area (Å²) in [4.78, 5) is 28.2. The number of piperazine rings is 1. The van der Waals surface area contributed by atoms with Gasteiger partial charge in [-0.05, 0) is 35.2 Å². The Bertz CT molecular complexity index is 1360. The summed E-state index contributed by atoms with van der Waals surface area (Å²) in [7, 11) is 0. The van der Waals surface area contributed by atoms with Crippen molar-refractivity contribution in [3.8, 4) is 0 Å². The van der Waals surface area contributed by atoms with Crippen LogP contribution in [0.3, 0.4) is 0 Å². The second-order valence-corrected chi connectivity index (χ2v) is 11.8. The Balaban J connectivity index is 1.27. The molecule has 3 N–H and O–H groups in total. The van der Waals surface area contributed by atoms with Crippen molar-refractivity contribution in [2.75, 3.05) is 38.0 Å². The average Bonchev–Trinajstić information content (AvgIpc) is 3.03. The van der Waals surface area contributed by atoms with E-state index in [4.69, 9.17) is 14.6 Å². The maximum atomic E-state index is 12.4. The molecular weight excluding hydrogens is 558 g/mol. The van der Waals surface area contributed by atoms with Crippen molar-refractivity contribution in [3.63, 3.8) is 0 Å². The molecule has 2 saturated heterocycles. The first-order chi connectivity index (χ1) is 21.4. The Hall–Kier alpha value is -3.60. The van der Waals surface area contributed by atoms with Crippen LogP contribution in [0.5, 0.6) is 0 Å². The molecular formula is C35H43N3O6. The zero-order valence-corrected chi connectivity index (χ0v) is 25.3. The molecule has 2 aliphatic rings. The Morgan fingerprint density at radius 3 is 2.27 bits per heavy atom. The summed E-state index contributed by atoms with van der Waals surface area (Å²) < 4.78 is 13.3. The second-order valence-electron chi connectivity index (χ2n) is 11.8. The lowest BCUT2D eigenvalue weighted by atomic mass is 9.90. The van der Waals surface area contributed by atoms with Crippen LogP contribution in [-0.4, -0.2) is 70.7 Å². The van der Waals surface area contributed by atoms with Gasteiger partial charge in [0.25, 0.3) is 0 Å². The second kappa shape index (κ2) is 15.4. The van der Waals surface area contributed by atoms with Crippen molar-refractivity contribution < 1.29 is 29.3 Å². The number of nitrogens with zero attached hydrogens (tertiary/aromatic N) is 2. The van der Waals surface area contributed by atoms with E-state index in [0.29, 0.717) is 5.69 Å². The van der Waals surface area contributed by atoms with Crippen LogP contribution in [0.2, 0.25) is 0 Å². The number of carboxylic acid groups (broad SMARTS) is 1. The number of aliphatic hydroxyl groups excluding tert-OH is 1. The van der Waals surface area contributed by atoms with Gasteiger partial charge in [-0.25, -0.2) is 0 Å². The van der Waals surface area contributed by atoms with Crippen LogP contribution in [0.25, 0.3) is 0 Å². The van der Waals surface area contributed by atoms with Gasteiger partial charge >= 0.3 is 5.97 Å². The van der Waals surface area contributed by atoms with Gasteiger partial charge in [0.15, 0.2) is 6.29 Å². The number of carbonyl (C=O) groups excluding carboxylic acids is 1. The molecule has 0 aromatic heterocycles. The van der Waals surface area contributed by atoms with Crippen LogP contribution >= 0.6 is 0 Å². The van der Waals surface area contributed by atoms with Crippen molar-refractivity contribution in [2.45, 2.75) is 57.8 Å². The van der Waals surface area contributed by atoms with E-state index in [-0.39, 0.29) is 49.9 Å². The zero-order chi connectivity index (χ0) is 30.9. The van der Waals surface area contributed by atoms with Crippen LogP contribution in [-0.2, 0) is 32.2 Å². The fourth-order valence-electron chi connectivity index (χ4n) is 5.94. The van der Waals surface area contributed by atoms with Crippen molar-refractivity contribution in [2.24, 2.45) is 5.92 Å². The number of nitrogens with one attached hydrogen (secondary N) is 1. The SMILES string of the molecule is CC1C(CN2CCN(Cc3ccccc3)CC2)OC(c2cccc(NC(=O)CCCC(=O)O)c2)OC1c1ccc(CO)cc1. The highest BCUT2D eigenvalue weighted by atomic mass is 16.7. The largest absolute Gasteiger partial charge is 0.481 e. The minimum Gasteiger partial charge on any atom is -0.481 e. The highest BCUT2D eigenvalue weighted by Crippen LogP contribution is 2.42. The van der Waals surface area contributed by atoms with Gasteiger partial charge in [0.1, 0.15) is 0 Å². The first-order valence-corrected chi connectivity index (χ1v) is 15.5. The number of hydrogen-bond acceptors (Lipinski definition) is 7. The molecule has 0 radical (unpaired) electrons. The topological polar surface area (TPSA) is 112 Å². The number of anilines is 1. The highest BCUT2D eigenvalue weighted by molar-refractivity contribution is 5.90. The van der Waals surface area contributed by atoms with Crippen molar-refractivity contribution in [3.05, 3.63) is 101 Å². The van der Waals surface area contributed by atoms with Gasteiger partial charge in [-0.2, -0.15) is 0 Å². The average molecular weight is 602 g/mol. The molecule has 0 bridgehead atoms. The predicted molar refractivity (Wildman–Crippen MR) is 168 cm³/mol. The van der Waals surface area contributed by atoms with Gasteiger partial charge in [-0.15, -0.1) is 0 Å². The molecule has 3 aromatic carbocycles. The van der Waals surface area contributed by atoms with E-state index in [9.17, 15) is 14.7 Å². The minimum absolute atomic E-state index is 0.0131. The third-order valence-corrected chi connectivity index (χ3v) is 8.51. The van der Waals surface area contributed by atoms with Crippen LogP contribution in [0.15, 0.2) is 78.9 Å². The predicted octanol–water partition coefficient (Wildman–Crippen LogP) is 4.98. The van der Waals surface area contributed by atoms with E-state index >= 15 is 0 Å². The Labute approximate surface area is 259 Å². The number of carboxylic acids is 1. The molecule has 0 saturated carbocycles. The van der Waals surface area contributed by atoms with Crippen LogP contribution in [0.1, 0.15) is 60.8 Å². The highest BCUT2D eigenvalue weighted by Gasteiger charge is 2.39. The number of aliphatic carboxylic acids is 1. The summed E-state index contributed by atoms with van der Waals surface area (Å²) in [6, 6.07) is 25.9. The van der Waals surface area contributed by atoms with E-state index < -0.39 is 12.3 Å². The smallest absolute Gasteiger partial charge is 0.303 e. The number of benzene rings is 3. The summed E-state index contributed by atoms with van der Waals surface area (Å²) in [5.41, 5.74) is 4.63. The Morgan fingerprint density at radius 2 is 1.57 bits per heavy atom. The fourth-order valence-corrected chi connectivity index (χ4v) is 5.94. The number of ether oxygens (including phenoxy) is 2. The van der Waals surface area contributed by atoms with Crippen LogP contribution in [0, 0.1) is 5.92 Å². The van der Waals surface area contributed by atoms with E-state index in [1.807, 2.05) is 48.5 Å². The third-order valence-electron chi connectivity index (χ3n) is 8.51. The zero-order valence-electron chi connectivity index (χ0n) is 25.3. The standard InChI is InChI=1S/C35H43N3O6/c1-25-31(23-38-19-17-37(18-20-38)22-26-7-3-2-4-8-26)43-35(44-34(25)28-15-13-27(24-39)14-16-28)29-9-5-10-30(21-29)36-32(40)11-6-12-33(41)42/h2-5,7-10,13-16,21,25,31,34-35,39H,6,11-12,17-20,22-24H2,1H3,(H,36,40)(H,41,42). The summed E-state index contributed by atoms with van der Waals surface area (Å²) in [5, 5.41) is 21.3. The van der Waals surface area contributed by atoms with E-state index in [1.165, 1.54) is 5.56 Å². The lowest BCUT2D eigenvalue weighted by Crippen LogP contribution is -2.51. The molecule has 2 heterocycles. The van der Waals surface area contributed by atoms with Gasteiger partial charge in [0, 0.05) is 69.3 Å². The number of hydrogen-bond donors (Lipinski definition) is 3. The molecule has 0 aliphatic carbocycles. The molecule has 2 aliphatic heterocycles. The maximum absolute atomic E-state index is 12.4. The summed E-state index contributed by atoms with van der Waals surface area (Å²) in [6.45, 7) is 7.82. The molecule has 9 heteroatoms. The van der Waals surface area contributed by atoms with Crippen LogP contribution < -0.4 is 5.32 Å². The quantitative estimate of drug-likeness (QED) is 0.267. The Kier molecular flexibility index (Phi) is 11.1. The molecule has 44 heavy (non-hydrogen) atoms. The first kappa shape index (κ1) is 31.8. The Morgan fingerprint density at radius 1 is 0.841 bits per heavy atom. The summed E-state index contributed by atoms with van der Waals surface area (Å²) >= 11 is 0. The molecule has 234 valence electrons. The molecule has 5 rings (SSSR count). The maximum Gasteiger partial charge on any atom is 0.303 e. The van der Waals surface area contributed by atoms with Crippen molar-refractivity contribution in [1.82, 2.24) is 9.80 Å². The minimum atomic E-state index is -0.912. The fraction of sp³-hybridized carbons (Fsp3) is 0.429. The van der Waals surface area contributed by atoms with Gasteiger partial charge in [-0.3, -0.25) is 19.4 Å². The third kappa shape index (κ3) is 8.74. The van der Waals surface area contributed by atoms with Gasteiger partial charge in [0.05, 0.1) is 18.8 Å². The summed E-state index contributed by atoms with van der Waals surface area (Å²) in [5.74, 6) is -1.07. The summed E-state index contributed by atoms with van der Waals surface area (Å²) in [6.07, 6.45) is -0.573. The number of carbonyl (C=O) groups is 2. The van der Waals surface area contributed by atoms with E-state index in [2.05, 4.69) is 52.4 Å². The monoisotopic (exact) mass is 601 g/mol. The van der Waals surface area contributed by atoms with Crippen molar-refractivity contribution >= 4 is 17.6 Å². The number of rotatable bonds is 12. The first-order valence-electron chi connectivity index (χ1n) is 15.5. The molecule has 9 nitrogen and oxygen atoms in total. The van der Waals surface area contributed by atoms with Crippen molar-refractivity contribution in [1.29, 1.82) is 0 Å². The van der Waals surface area contributed by atoms with Gasteiger partial charge in [-0.1, -0.05) is 73.7 Å². The van der Waals surface area contributed by atoms with Crippen LogP contribution in [0.4, 0.5) is 5.69 Å². The molecule has 4 unspecified atom stereocenters. The lowest BCUT2D eigenvalue weighted by molar-refractivity contribution is -0.276. The van der Waals surface area contributed by atoms with E-state index in [0.717, 1.165) is 56.0 Å². The van der Waals surface area contributed by atoms with E-state index in [1.54, 1.807) is 0 Å². The van der Waals surface area contributed by atoms with Gasteiger partial charge in [0.2, 0.25) is 5.91 Å². The normalized spacial score (nSPS) is 22.9. The molecule has 3 aromatic rings. The molecule has 2 fully saturated rings. The number of aliphatic hydroxyl groups is 1. The molecule has 0 spiro atoms. The molecule has 4 atom stereocenters. The van der Waals surface area contributed by atoms with Gasteiger partial charge < -0.3 is 25.0 Å². The number of amides is 1.